The Kier molecular flexibility index (Phi) is 3.98. The van der Waals surface area contributed by atoms with Gasteiger partial charge in [-0.2, -0.15) is 5.21 Å². The maximum atomic E-state index is 12.0. The normalized spacial score (nSPS) is 12.1. The highest BCUT2D eigenvalue weighted by atomic mass is 16.1. The summed E-state index contributed by atoms with van der Waals surface area (Å²) in [5.74, 6) is -0.0706. The van der Waals surface area contributed by atoms with Crippen molar-refractivity contribution in [3.05, 3.63) is 41.7 Å². The molecule has 94 valence electrons. The third-order valence-corrected chi connectivity index (χ3v) is 2.56. The molecule has 2 rings (SSSR count). The molecule has 0 bridgehead atoms. The third-order valence-electron chi connectivity index (χ3n) is 2.56. The van der Waals surface area contributed by atoms with Gasteiger partial charge < -0.3 is 11.1 Å². The maximum absolute atomic E-state index is 12.0. The van der Waals surface area contributed by atoms with Gasteiger partial charge in [0.2, 0.25) is 5.91 Å². The van der Waals surface area contributed by atoms with E-state index in [0.717, 1.165) is 5.56 Å². The van der Waals surface area contributed by atoms with E-state index in [-0.39, 0.29) is 24.9 Å². The predicted octanol–water partition coefficient (Wildman–Crippen LogP) is -0.442. The van der Waals surface area contributed by atoms with E-state index in [0.29, 0.717) is 5.82 Å². The number of aromatic amines is 1. The minimum Gasteiger partial charge on any atom is -0.348 e. The monoisotopic (exact) mass is 246 g/mol. The number of tetrazole rings is 1. The van der Waals surface area contributed by atoms with Crippen molar-refractivity contribution >= 4 is 5.91 Å². The molecular weight excluding hydrogens is 232 g/mol. The molecule has 7 nitrogen and oxygen atoms in total. The second-order valence-corrected chi connectivity index (χ2v) is 3.74. The van der Waals surface area contributed by atoms with E-state index >= 15 is 0 Å². The average molecular weight is 246 g/mol. The van der Waals surface area contributed by atoms with E-state index < -0.39 is 0 Å². The lowest BCUT2D eigenvalue weighted by Gasteiger charge is -2.14. The second-order valence-electron chi connectivity index (χ2n) is 3.74. The molecule has 0 fully saturated rings. The molecule has 1 aromatic carbocycles. The Morgan fingerprint density at radius 2 is 2.17 bits per heavy atom. The van der Waals surface area contributed by atoms with Gasteiger partial charge in [-0.15, -0.1) is 10.2 Å². The third kappa shape index (κ3) is 2.89. The summed E-state index contributed by atoms with van der Waals surface area (Å²) in [6.45, 7) is 0.487. The van der Waals surface area contributed by atoms with Crippen LogP contribution in [0.5, 0.6) is 0 Å². The second kappa shape index (κ2) is 5.87. The standard InChI is InChI=1S/C11H14N6O/c12-6-9(8-4-2-1-3-5-8)11(18)13-7-10-14-16-17-15-10/h1-5,9H,6-7,12H2,(H,13,18)(H,14,15,16,17). The van der Waals surface area contributed by atoms with Crippen LogP contribution in [0.15, 0.2) is 30.3 Å². The first-order chi connectivity index (χ1) is 8.81. The smallest absolute Gasteiger partial charge is 0.229 e. The first kappa shape index (κ1) is 12.2. The van der Waals surface area contributed by atoms with Crippen LogP contribution in [0.3, 0.4) is 0 Å². The fourth-order valence-corrected chi connectivity index (χ4v) is 1.63. The number of benzene rings is 1. The van der Waals surface area contributed by atoms with Crippen molar-refractivity contribution in [1.29, 1.82) is 0 Å². The molecule has 0 radical (unpaired) electrons. The summed E-state index contributed by atoms with van der Waals surface area (Å²) < 4.78 is 0. The highest BCUT2D eigenvalue weighted by molar-refractivity contribution is 5.83. The Labute approximate surface area is 104 Å². The van der Waals surface area contributed by atoms with Gasteiger partial charge in [0, 0.05) is 6.54 Å². The highest BCUT2D eigenvalue weighted by Crippen LogP contribution is 2.14. The molecule has 7 heteroatoms. The van der Waals surface area contributed by atoms with Crippen molar-refractivity contribution in [3.8, 4) is 0 Å². The predicted molar refractivity (Wildman–Crippen MR) is 64.3 cm³/mol. The van der Waals surface area contributed by atoms with Gasteiger partial charge in [-0.05, 0) is 5.56 Å². The van der Waals surface area contributed by atoms with Crippen LogP contribution >= 0.6 is 0 Å². The van der Waals surface area contributed by atoms with Gasteiger partial charge in [-0.25, -0.2) is 0 Å². The molecule has 1 atom stereocenters. The van der Waals surface area contributed by atoms with Gasteiger partial charge >= 0.3 is 0 Å². The summed E-state index contributed by atoms with van der Waals surface area (Å²) >= 11 is 0. The summed E-state index contributed by atoms with van der Waals surface area (Å²) in [6, 6.07) is 9.42. The van der Waals surface area contributed by atoms with Crippen LogP contribution in [-0.4, -0.2) is 33.1 Å². The van der Waals surface area contributed by atoms with Crippen molar-refractivity contribution < 1.29 is 4.79 Å². The van der Waals surface area contributed by atoms with E-state index in [2.05, 4.69) is 25.9 Å². The van der Waals surface area contributed by atoms with Crippen molar-refractivity contribution in [1.82, 2.24) is 25.9 Å². The van der Waals surface area contributed by atoms with Crippen LogP contribution in [0, 0.1) is 0 Å². The molecule has 2 aromatic rings. The number of aromatic nitrogens is 4. The summed E-state index contributed by atoms with van der Waals surface area (Å²) in [5, 5.41) is 16.0. The van der Waals surface area contributed by atoms with Crippen LogP contribution in [0.4, 0.5) is 0 Å². The highest BCUT2D eigenvalue weighted by Gasteiger charge is 2.18. The molecule has 0 aliphatic rings. The largest absolute Gasteiger partial charge is 0.348 e. The molecule has 1 heterocycles. The molecule has 1 unspecified atom stereocenters. The summed E-state index contributed by atoms with van der Waals surface area (Å²) in [4.78, 5) is 12.0. The molecule has 0 aliphatic carbocycles. The van der Waals surface area contributed by atoms with E-state index in [4.69, 9.17) is 5.73 Å². The Morgan fingerprint density at radius 3 is 2.78 bits per heavy atom. The summed E-state index contributed by atoms with van der Waals surface area (Å²) in [6.07, 6.45) is 0. The quantitative estimate of drug-likeness (QED) is 0.662. The molecule has 1 amide bonds. The van der Waals surface area contributed by atoms with Gasteiger partial charge in [0.1, 0.15) is 0 Å². The first-order valence-electron chi connectivity index (χ1n) is 5.56. The molecule has 18 heavy (non-hydrogen) atoms. The Morgan fingerprint density at radius 1 is 1.39 bits per heavy atom. The van der Waals surface area contributed by atoms with Crippen LogP contribution in [0.2, 0.25) is 0 Å². The number of carbonyl (C=O) groups excluding carboxylic acids is 1. The van der Waals surface area contributed by atoms with Crippen LogP contribution < -0.4 is 11.1 Å². The van der Waals surface area contributed by atoms with E-state index in [1.54, 1.807) is 0 Å². The van der Waals surface area contributed by atoms with E-state index in [1.807, 2.05) is 30.3 Å². The van der Waals surface area contributed by atoms with E-state index in [9.17, 15) is 4.79 Å². The number of nitrogens with two attached hydrogens (primary N) is 1. The minimum absolute atomic E-state index is 0.145. The molecule has 0 saturated heterocycles. The van der Waals surface area contributed by atoms with Crippen LogP contribution in [0.1, 0.15) is 17.3 Å². The minimum atomic E-state index is -0.363. The zero-order chi connectivity index (χ0) is 12.8. The van der Waals surface area contributed by atoms with Gasteiger partial charge in [-0.3, -0.25) is 4.79 Å². The van der Waals surface area contributed by atoms with Crippen molar-refractivity contribution in [3.63, 3.8) is 0 Å². The topological polar surface area (TPSA) is 110 Å². The number of amides is 1. The molecule has 0 aliphatic heterocycles. The number of carbonyl (C=O) groups is 1. The van der Waals surface area contributed by atoms with Gasteiger partial charge in [-0.1, -0.05) is 35.5 Å². The Hall–Kier alpha value is -2.28. The lowest BCUT2D eigenvalue weighted by Crippen LogP contribution is -2.33. The number of nitrogens with one attached hydrogen (secondary N) is 2. The fourth-order valence-electron chi connectivity index (χ4n) is 1.63. The number of H-pyrrole nitrogens is 1. The van der Waals surface area contributed by atoms with Gasteiger partial charge in [0.25, 0.3) is 0 Å². The average Bonchev–Trinajstić information content (AvgIpc) is 2.92. The lowest BCUT2D eigenvalue weighted by molar-refractivity contribution is -0.122. The SMILES string of the molecule is NCC(C(=O)NCc1nn[nH]n1)c1ccccc1. The van der Waals surface area contributed by atoms with Crippen molar-refractivity contribution in [2.75, 3.05) is 6.54 Å². The zero-order valence-electron chi connectivity index (χ0n) is 9.71. The number of hydrogen-bond acceptors (Lipinski definition) is 5. The van der Waals surface area contributed by atoms with Crippen molar-refractivity contribution in [2.24, 2.45) is 5.73 Å². The van der Waals surface area contributed by atoms with E-state index in [1.165, 1.54) is 0 Å². The summed E-state index contributed by atoms with van der Waals surface area (Å²) in [7, 11) is 0. The first-order valence-corrected chi connectivity index (χ1v) is 5.56. The summed E-state index contributed by atoms with van der Waals surface area (Å²) in [5.41, 5.74) is 6.54. The van der Waals surface area contributed by atoms with Gasteiger partial charge in [0.05, 0.1) is 12.5 Å². The number of hydrogen-bond donors (Lipinski definition) is 3. The zero-order valence-corrected chi connectivity index (χ0v) is 9.71. The van der Waals surface area contributed by atoms with Crippen molar-refractivity contribution in [2.45, 2.75) is 12.5 Å². The number of rotatable bonds is 5. The molecule has 4 N–H and O–H groups in total. The van der Waals surface area contributed by atoms with Crippen LogP contribution in [-0.2, 0) is 11.3 Å². The molecular formula is C11H14N6O. The van der Waals surface area contributed by atoms with Gasteiger partial charge in [0.15, 0.2) is 5.82 Å². The fraction of sp³-hybridized carbons (Fsp3) is 0.273. The number of nitrogens with zero attached hydrogens (tertiary/aromatic N) is 3. The maximum Gasteiger partial charge on any atom is 0.229 e. The Balaban J connectivity index is 1.98. The molecule has 0 saturated carbocycles. The lowest BCUT2D eigenvalue weighted by atomic mass is 9.98. The molecule has 1 aromatic heterocycles. The molecule has 0 spiro atoms. The Bertz CT molecular complexity index is 483. The van der Waals surface area contributed by atoms with Crippen LogP contribution in [0.25, 0.3) is 0 Å².